The van der Waals surface area contributed by atoms with Crippen LogP contribution in [0.3, 0.4) is 0 Å². The van der Waals surface area contributed by atoms with E-state index in [0.717, 1.165) is 11.1 Å². The lowest BCUT2D eigenvalue weighted by molar-refractivity contribution is 0.605. The first kappa shape index (κ1) is 11.3. The Kier molecular flexibility index (Phi) is 2.59. The number of benzene rings is 2. The van der Waals surface area contributed by atoms with Crippen molar-refractivity contribution in [2.24, 2.45) is 0 Å². The predicted octanol–water partition coefficient (Wildman–Crippen LogP) is 2.56. The van der Waals surface area contributed by atoms with Gasteiger partial charge in [-0.2, -0.15) is 0 Å². The van der Waals surface area contributed by atoms with Gasteiger partial charge in [0.2, 0.25) is 0 Å². The van der Waals surface area contributed by atoms with Gasteiger partial charge in [0.1, 0.15) is 0 Å². The van der Waals surface area contributed by atoms with E-state index in [4.69, 9.17) is 0 Å². The summed E-state index contributed by atoms with van der Waals surface area (Å²) in [4.78, 5) is 0. The zero-order chi connectivity index (χ0) is 12.6. The molecular formula is C14H13NO2S. The fourth-order valence-electron chi connectivity index (χ4n) is 2.16. The first-order valence-electron chi connectivity index (χ1n) is 5.79. The Morgan fingerprint density at radius 3 is 2.56 bits per heavy atom. The highest BCUT2D eigenvalue weighted by Gasteiger charge is 2.21. The van der Waals surface area contributed by atoms with Crippen molar-refractivity contribution < 1.29 is 8.42 Å². The van der Waals surface area contributed by atoms with Gasteiger partial charge in [0.15, 0.2) is 9.84 Å². The summed E-state index contributed by atoms with van der Waals surface area (Å²) in [7, 11) is -3.00. The monoisotopic (exact) mass is 259 g/mol. The number of nitrogens with one attached hydrogen (secondary N) is 1. The summed E-state index contributed by atoms with van der Waals surface area (Å²) < 4.78 is 22.6. The number of hydrogen-bond donors (Lipinski definition) is 1. The Hall–Kier alpha value is -1.81. The van der Waals surface area contributed by atoms with Gasteiger partial charge in [0.05, 0.1) is 11.8 Å². The van der Waals surface area contributed by atoms with Gasteiger partial charge in [-0.1, -0.05) is 36.4 Å². The van der Waals surface area contributed by atoms with Gasteiger partial charge >= 0.3 is 0 Å². The smallest absolute Gasteiger partial charge is 0.173 e. The first-order valence-corrected chi connectivity index (χ1v) is 7.50. The van der Waals surface area contributed by atoms with Crippen molar-refractivity contribution in [3.63, 3.8) is 0 Å². The lowest BCUT2D eigenvalue weighted by Gasteiger charge is -2.12. The second kappa shape index (κ2) is 4.14. The van der Waals surface area contributed by atoms with Gasteiger partial charge in [-0.3, -0.25) is 0 Å². The molecule has 1 aliphatic heterocycles. The van der Waals surface area contributed by atoms with Crippen LogP contribution in [0.2, 0.25) is 0 Å². The van der Waals surface area contributed by atoms with Crippen molar-refractivity contribution in [3.8, 4) is 0 Å². The van der Waals surface area contributed by atoms with Gasteiger partial charge in [-0.05, 0) is 22.9 Å². The third-order valence-corrected chi connectivity index (χ3v) is 4.43. The molecule has 92 valence electrons. The molecule has 2 aromatic rings. The third kappa shape index (κ3) is 2.24. The van der Waals surface area contributed by atoms with Crippen LogP contribution >= 0.6 is 0 Å². The number of sulfone groups is 1. The van der Waals surface area contributed by atoms with Crippen molar-refractivity contribution in [3.05, 3.63) is 53.9 Å². The molecule has 0 spiro atoms. The minimum atomic E-state index is -3.00. The van der Waals surface area contributed by atoms with Gasteiger partial charge < -0.3 is 5.32 Å². The predicted molar refractivity (Wildman–Crippen MR) is 74.3 cm³/mol. The van der Waals surface area contributed by atoms with E-state index in [-0.39, 0.29) is 11.8 Å². The molecule has 0 aliphatic carbocycles. The first-order chi connectivity index (χ1) is 8.62. The molecule has 0 aromatic heterocycles. The summed E-state index contributed by atoms with van der Waals surface area (Å²) >= 11 is 0. The molecule has 1 N–H and O–H groups in total. The van der Waals surface area contributed by atoms with E-state index >= 15 is 0 Å². The molecule has 0 saturated heterocycles. The topological polar surface area (TPSA) is 46.2 Å². The molecule has 1 heterocycles. The molecule has 4 heteroatoms. The van der Waals surface area contributed by atoms with Crippen LogP contribution in [0.4, 0.5) is 5.69 Å². The quantitative estimate of drug-likeness (QED) is 0.901. The van der Waals surface area contributed by atoms with Crippen molar-refractivity contribution in [2.45, 2.75) is 6.04 Å². The summed E-state index contributed by atoms with van der Waals surface area (Å²) in [5.41, 5.74) is 0.945. The van der Waals surface area contributed by atoms with E-state index in [0.29, 0.717) is 0 Å². The average molecular weight is 259 g/mol. The Balaban J connectivity index is 1.86. The Bertz CT molecular complexity index is 719. The molecule has 1 unspecified atom stereocenters. The zero-order valence-corrected chi connectivity index (χ0v) is 10.5. The van der Waals surface area contributed by atoms with Crippen LogP contribution in [-0.2, 0) is 9.84 Å². The third-order valence-electron chi connectivity index (χ3n) is 3.03. The summed E-state index contributed by atoms with van der Waals surface area (Å²) in [6.45, 7) is 0. The largest absolute Gasteiger partial charge is 0.378 e. The van der Waals surface area contributed by atoms with Crippen LogP contribution in [-0.4, -0.2) is 20.2 Å². The van der Waals surface area contributed by atoms with E-state index in [1.165, 1.54) is 10.8 Å². The lowest BCUT2D eigenvalue weighted by atomic mass is 10.1. The lowest BCUT2D eigenvalue weighted by Crippen LogP contribution is -2.20. The maximum Gasteiger partial charge on any atom is 0.173 e. The van der Waals surface area contributed by atoms with E-state index in [1.807, 2.05) is 36.4 Å². The maximum atomic E-state index is 11.3. The summed E-state index contributed by atoms with van der Waals surface area (Å²) in [5, 5.41) is 6.83. The SMILES string of the molecule is O=S1(=O)C=CC(Nc2ccc3ccccc3c2)C1. The molecule has 0 radical (unpaired) electrons. The highest BCUT2D eigenvalue weighted by Crippen LogP contribution is 2.21. The Morgan fingerprint density at radius 1 is 1.06 bits per heavy atom. The second-order valence-corrected chi connectivity index (χ2v) is 6.40. The van der Waals surface area contributed by atoms with Crippen molar-refractivity contribution in [1.82, 2.24) is 0 Å². The molecule has 0 fully saturated rings. The van der Waals surface area contributed by atoms with Gasteiger partial charge in [-0.25, -0.2) is 8.42 Å². The molecule has 2 aromatic carbocycles. The maximum absolute atomic E-state index is 11.3. The average Bonchev–Trinajstić information content (AvgIpc) is 2.68. The summed E-state index contributed by atoms with van der Waals surface area (Å²) in [5.74, 6) is 0.139. The van der Waals surface area contributed by atoms with Gasteiger partial charge in [0, 0.05) is 11.1 Å². The van der Waals surface area contributed by atoms with Gasteiger partial charge in [0.25, 0.3) is 0 Å². The van der Waals surface area contributed by atoms with Crippen LogP contribution in [0.25, 0.3) is 10.8 Å². The number of rotatable bonds is 2. The molecule has 0 amide bonds. The second-order valence-electron chi connectivity index (χ2n) is 4.47. The molecule has 3 nitrogen and oxygen atoms in total. The standard InChI is InChI=1S/C14H13NO2S/c16-18(17)8-7-14(10-18)15-13-6-5-11-3-1-2-4-12(11)9-13/h1-9,14-15H,10H2. The van der Waals surface area contributed by atoms with Crippen molar-refractivity contribution >= 4 is 26.3 Å². The number of hydrogen-bond acceptors (Lipinski definition) is 3. The van der Waals surface area contributed by atoms with Crippen LogP contribution in [0.1, 0.15) is 0 Å². The Morgan fingerprint density at radius 2 is 1.83 bits per heavy atom. The van der Waals surface area contributed by atoms with E-state index < -0.39 is 9.84 Å². The van der Waals surface area contributed by atoms with Crippen LogP contribution in [0.5, 0.6) is 0 Å². The van der Waals surface area contributed by atoms with E-state index in [2.05, 4.69) is 11.4 Å². The normalized spacial score (nSPS) is 21.2. The molecule has 3 rings (SSSR count). The highest BCUT2D eigenvalue weighted by molar-refractivity contribution is 7.94. The molecule has 18 heavy (non-hydrogen) atoms. The molecule has 1 aliphatic rings. The van der Waals surface area contributed by atoms with E-state index in [9.17, 15) is 8.42 Å². The number of fused-ring (bicyclic) bond motifs is 1. The van der Waals surface area contributed by atoms with Crippen LogP contribution in [0.15, 0.2) is 53.9 Å². The Labute approximate surface area is 106 Å². The van der Waals surface area contributed by atoms with Crippen molar-refractivity contribution in [1.29, 1.82) is 0 Å². The fraction of sp³-hybridized carbons (Fsp3) is 0.143. The van der Waals surface area contributed by atoms with Gasteiger partial charge in [-0.15, -0.1) is 0 Å². The fourth-order valence-corrected chi connectivity index (χ4v) is 3.39. The molecule has 1 atom stereocenters. The molecular weight excluding hydrogens is 246 g/mol. The number of anilines is 1. The van der Waals surface area contributed by atoms with Crippen LogP contribution < -0.4 is 5.32 Å². The summed E-state index contributed by atoms with van der Waals surface area (Å²) in [6.07, 6.45) is 1.70. The zero-order valence-electron chi connectivity index (χ0n) is 9.71. The molecule has 0 saturated carbocycles. The highest BCUT2D eigenvalue weighted by atomic mass is 32.2. The van der Waals surface area contributed by atoms with E-state index in [1.54, 1.807) is 6.08 Å². The van der Waals surface area contributed by atoms with Crippen molar-refractivity contribution in [2.75, 3.05) is 11.1 Å². The minimum absolute atomic E-state index is 0.129. The molecule has 0 bridgehead atoms. The van der Waals surface area contributed by atoms with Crippen LogP contribution in [0, 0.1) is 0 Å². The summed E-state index contributed by atoms with van der Waals surface area (Å²) in [6, 6.07) is 14.0. The minimum Gasteiger partial charge on any atom is -0.378 e.